The van der Waals surface area contributed by atoms with E-state index < -0.39 is 10.0 Å². The van der Waals surface area contributed by atoms with E-state index in [1.807, 2.05) is 0 Å². The summed E-state index contributed by atoms with van der Waals surface area (Å²) in [6.07, 6.45) is 4.06. The molecule has 0 saturated heterocycles. The first kappa shape index (κ1) is 16.6. The minimum Gasteiger partial charge on any atom is -0.497 e. The van der Waals surface area contributed by atoms with E-state index in [9.17, 15) is 13.2 Å². The van der Waals surface area contributed by atoms with E-state index in [0.717, 1.165) is 19.1 Å². The summed E-state index contributed by atoms with van der Waals surface area (Å²) in [5, 5.41) is 2.90. The first-order valence-electron chi connectivity index (χ1n) is 7.31. The Morgan fingerprint density at radius 2 is 2.14 bits per heavy atom. The molecule has 2 rings (SSSR count). The first-order chi connectivity index (χ1) is 10.4. The molecule has 6 nitrogen and oxygen atoms in total. The zero-order valence-corrected chi connectivity index (χ0v) is 13.7. The number of nitrogens with one attached hydrogen (secondary N) is 1. The summed E-state index contributed by atoms with van der Waals surface area (Å²) in [4.78, 5) is 11.7. The van der Waals surface area contributed by atoms with E-state index >= 15 is 0 Å². The molecule has 0 bridgehead atoms. The topological polar surface area (TPSA) is 75.7 Å². The van der Waals surface area contributed by atoms with Crippen LogP contribution in [0.3, 0.4) is 0 Å². The Morgan fingerprint density at radius 3 is 2.73 bits per heavy atom. The van der Waals surface area contributed by atoms with Crippen LogP contribution in [0.15, 0.2) is 24.3 Å². The summed E-state index contributed by atoms with van der Waals surface area (Å²) >= 11 is 0. The number of rotatable bonds is 8. The van der Waals surface area contributed by atoms with Crippen molar-refractivity contribution in [3.63, 3.8) is 0 Å². The number of carbonyl (C=O) groups excluding carboxylic acids is 1. The maximum Gasteiger partial charge on any atom is 0.232 e. The van der Waals surface area contributed by atoms with Gasteiger partial charge in [0.25, 0.3) is 0 Å². The number of sulfonamides is 1. The van der Waals surface area contributed by atoms with E-state index in [0.29, 0.717) is 30.3 Å². The molecule has 122 valence electrons. The molecule has 22 heavy (non-hydrogen) atoms. The molecular formula is C15H22N2O4S. The van der Waals surface area contributed by atoms with Gasteiger partial charge in [-0.1, -0.05) is 6.07 Å². The SMILES string of the molecule is COc1cccc(N(CCCC(=O)NC2CC2)S(C)(=O)=O)c1. The molecular weight excluding hydrogens is 304 g/mol. The molecule has 0 radical (unpaired) electrons. The highest BCUT2D eigenvalue weighted by Gasteiger charge is 2.23. The number of anilines is 1. The fourth-order valence-electron chi connectivity index (χ4n) is 2.16. The molecule has 0 aromatic heterocycles. The van der Waals surface area contributed by atoms with E-state index in [-0.39, 0.29) is 12.5 Å². The number of carbonyl (C=O) groups is 1. The minimum atomic E-state index is -3.41. The number of methoxy groups -OCH3 is 1. The molecule has 1 saturated carbocycles. The van der Waals surface area contributed by atoms with Crippen molar-refractivity contribution in [3.8, 4) is 5.75 Å². The van der Waals surface area contributed by atoms with Crippen LogP contribution in [0, 0.1) is 0 Å². The minimum absolute atomic E-state index is 0.0124. The van der Waals surface area contributed by atoms with Gasteiger partial charge in [-0.2, -0.15) is 0 Å². The monoisotopic (exact) mass is 326 g/mol. The number of nitrogens with zero attached hydrogens (tertiary/aromatic N) is 1. The molecule has 0 spiro atoms. The Hall–Kier alpha value is -1.76. The van der Waals surface area contributed by atoms with Crippen LogP contribution in [-0.2, 0) is 14.8 Å². The lowest BCUT2D eigenvalue weighted by Crippen LogP contribution is -2.32. The van der Waals surface area contributed by atoms with Crippen LogP contribution >= 0.6 is 0 Å². The van der Waals surface area contributed by atoms with Crippen molar-refractivity contribution >= 4 is 21.6 Å². The number of benzene rings is 1. The third-order valence-electron chi connectivity index (χ3n) is 3.45. The summed E-state index contributed by atoms with van der Waals surface area (Å²) in [6, 6.07) is 7.22. The maximum absolute atomic E-state index is 12.0. The Balaban J connectivity index is 1.98. The Bertz CT molecular complexity index is 626. The Labute approximate surface area is 131 Å². The Morgan fingerprint density at radius 1 is 1.41 bits per heavy atom. The highest BCUT2D eigenvalue weighted by Crippen LogP contribution is 2.23. The number of amides is 1. The van der Waals surface area contributed by atoms with Gasteiger partial charge in [0.2, 0.25) is 15.9 Å². The smallest absolute Gasteiger partial charge is 0.232 e. The highest BCUT2D eigenvalue weighted by atomic mass is 32.2. The van der Waals surface area contributed by atoms with E-state index in [1.54, 1.807) is 24.3 Å². The van der Waals surface area contributed by atoms with Gasteiger partial charge in [0.05, 0.1) is 19.1 Å². The number of hydrogen-bond acceptors (Lipinski definition) is 4. The molecule has 1 aromatic rings. The molecule has 0 aliphatic heterocycles. The van der Waals surface area contributed by atoms with Gasteiger partial charge in [-0.25, -0.2) is 8.42 Å². The van der Waals surface area contributed by atoms with Crippen molar-refractivity contribution in [2.75, 3.05) is 24.2 Å². The fourth-order valence-corrected chi connectivity index (χ4v) is 3.12. The van der Waals surface area contributed by atoms with Gasteiger partial charge in [0.15, 0.2) is 0 Å². The van der Waals surface area contributed by atoms with Crippen LogP contribution in [0.1, 0.15) is 25.7 Å². The maximum atomic E-state index is 12.0. The number of ether oxygens (including phenoxy) is 1. The molecule has 1 aliphatic carbocycles. The summed E-state index contributed by atoms with van der Waals surface area (Å²) in [5.74, 6) is 0.583. The van der Waals surface area contributed by atoms with Crippen LogP contribution in [0.25, 0.3) is 0 Å². The molecule has 0 atom stereocenters. The lowest BCUT2D eigenvalue weighted by molar-refractivity contribution is -0.121. The quantitative estimate of drug-likeness (QED) is 0.786. The third kappa shape index (κ3) is 4.91. The normalized spacial score (nSPS) is 14.5. The summed E-state index contributed by atoms with van der Waals surface area (Å²) < 4.78 is 30.4. The molecule has 1 amide bonds. The standard InChI is InChI=1S/C15H22N2O4S/c1-21-14-6-3-5-13(11-14)17(22(2,19)20)10-4-7-15(18)16-12-8-9-12/h3,5-6,11-12H,4,7-10H2,1-2H3,(H,16,18). The molecule has 7 heteroatoms. The first-order valence-corrected chi connectivity index (χ1v) is 9.16. The summed E-state index contributed by atoms with van der Waals surface area (Å²) in [7, 11) is -1.87. The van der Waals surface area contributed by atoms with Crippen LogP contribution < -0.4 is 14.4 Å². The molecule has 1 aromatic carbocycles. The lowest BCUT2D eigenvalue weighted by atomic mass is 10.2. The van der Waals surface area contributed by atoms with Gasteiger partial charge in [-0.3, -0.25) is 9.10 Å². The van der Waals surface area contributed by atoms with Gasteiger partial charge >= 0.3 is 0 Å². The van der Waals surface area contributed by atoms with E-state index in [2.05, 4.69) is 5.32 Å². The fraction of sp³-hybridized carbons (Fsp3) is 0.533. The van der Waals surface area contributed by atoms with Crippen molar-refractivity contribution in [1.29, 1.82) is 0 Å². The lowest BCUT2D eigenvalue weighted by Gasteiger charge is -2.22. The van der Waals surface area contributed by atoms with Gasteiger partial charge < -0.3 is 10.1 Å². The number of hydrogen-bond donors (Lipinski definition) is 1. The average molecular weight is 326 g/mol. The van der Waals surface area contributed by atoms with Crippen molar-refractivity contribution in [2.24, 2.45) is 0 Å². The second kappa shape index (κ2) is 7.00. The zero-order valence-electron chi connectivity index (χ0n) is 12.9. The Kier molecular flexibility index (Phi) is 5.28. The van der Waals surface area contributed by atoms with Crippen LogP contribution in [0.2, 0.25) is 0 Å². The second-order valence-electron chi connectivity index (χ2n) is 5.48. The second-order valence-corrected chi connectivity index (χ2v) is 7.39. The molecule has 1 fully saturated rings. The summed E-state index contributed by atoms with van der Waals surface area (Å²) in [5.41, 5.74) is 0.546. The van der Waals surface area contributed by atoms with Gasteiger partial charge in [-0.05, 0) is 31.4 Å². The molecule has 0 heterocycles. The van der Waals surface area contributed by atoms with Crippen molar-refractivity contribution in [3.05, 3.63) is 24.3 Å². The van der Waals surface area contributed by atoms with Crippen molar-refractivity contribution in [2.45, 2.75) is 31.7 Å². The third-order valence-corrected chi connectivity index (χ3v) is 4.64. The van der Waals surface area contributed by atoms with Crippen molar-refractivity contribution < 1.29 is 17.9 Å². The van der Waals surface area contributed by atoms with Gasteiger partial charge in [-0.15, -0.1) is 0 Å². The van der Waals surface area contributed by atoms with E-state index in [1.165, 1.54) is 11.4 Å². The summed E-state index contributed by atoms with van der Waals surface area (Å²) in [6.45, 7) is 0.268. The molecule has 1 N–H and O–H groups in total. The van der Waals surface area contributed by atoms with Crippen LogP contribution in [0.5, 0.6) is 5.75 Å². The zero-order chi connectivity index (χ0) is 16.2. The molecule has 1 aliphatic rings. The average Bonchev–Trinajstić information content (AvgIpc) is 3.26. The highest BCUT2D eigenvalue weighted by molar-refractivity contribution is 7.92. The van der Waals surface area contributed by atoms with Gasteiger partial charge in [0, 0.05) is 25.1 Å². The predicted molar refractivity (Wildman–Crippen MR) is 85.6 cm³/mol. The van der Waals surface area contributed by atoms with Crippen LogP contribution in [-0.4, -0.2) is 40.3 Å². The van der Waals surface area contributed by atoms with E-state index in [4.69, 9.17) is 4.74 Å². The van der Waals surface area contributed by atoms with Crippen LogP contribution in [0.4, 0.5) is 5.69 Å². The van der Waals surface area contributed by atoms with Crippen molar-refractivity contribution in [1.82, 2.24) is 5.32 Å². The van der Waals surface area contributed by atoms with Gasteiger partial charge in [0.1, 0.15) is 5.75 Å². The largest absolute Gasteiger partial charge is 0.497 e. The molecule has 0 unspecified atom stereocenters. The predicted octanol–water partition coefficient (Wildman–Crippen LogP) is 1.52.